The number of fused-ring (bicyclic) bond motifs is 2. The van der Waals surface area contributed by atoms with Gasteiger partial charge in [-0.3, -0.25) is 0 Å². The maximum atomic E-state index is 13.4. The SMILES string of the molecule is CCOc1ccc(C=Nn2c(N)c(S(=O)(=O)c3cccs3)c3nc4ccccc4nc32)cc1. The van der Waals surface area contributed by atoms with Gasteiger partial charge in [-0.2, -0.15) is 9.78 Å². The monoisotopic (exact) mass is 477 g/mol. The molecule has 10 heteroatoms. The Morgan fingerprint density at radius 1 is 1.06 bits per heavy atom. The largest absolute Gasteiger partial charge is 0.494 e. The number of para-hydroxylation sites is 2. The van der Waals surface area contributed by atoms with E-state index in [1.54, 1.807) is 35.9 Å². The van der Waals surface area contributed by atoms with Crippen LogP contribution < -0.4 is 10.5 Å². The first-order valence-electron chi connectivity index (χ1n) is 10.1. The van der Waals surface area contributed by atoms with Crippen molar-refractivity contribution in [3.63, 3.8) is 0 Å². The Balaban J connectivity index is 1.71. The molecule has 0 aliphatic rings. The van der Waals surface area contributed by atoms with Crippen molar-refractivity contribution in [2.45, 2.75) is 16.0 Å². The predicted molar refractivity (Wildman–Crippen MR) is 130 cm³/mol. The van der Waals surface area contributed by atoms with Gasteiger partial charge >= 0.3 is 0 Å². The molecule has 0 aliphatic carbocycles. The van der Waals surface area contributed by atoms with Crippen molar-refractivity contribution in [1.82, 2.24) is 14.6 Å². The van der Waals surface area contributed by atoms with Crippen LogP contribution in [0, 0.1) is 0 Å². The van der Waals surface area contributed by atoms with Crippen molar-refractivity contribution >= 4 is 55.4 Å². The Labute approximate surface area is 193 Å². The molecule has 2 aromatic carbocycles. The quantitative estimate of drug-likeness (QED) is 0.364. The summed E-state index contributed by atoms with van der Waals surface area (Å²) in [5.41, 5.74) is 8.79. The van der Waals surface area contributed by atoms with E-state index in [4.69, 9.17) is 10.5 Å². The van der Waals surface area contributed by atoms with Crippen molar-refractivity contribution in [2.75, 3.05) is 12.3 Å². The van der Waals surface area contributed by atoms with E-state index in [1.807, 2.05) is 43.3 Å². The molecule has 33 heavy (non-hydrogen) atoms. The van der Waals surface area contributed by atoms with Crippen molar-refractivity contribution in [3.05, 3.63) is 71.6 Å². The number of anilines is 1. The lowest BCUT2D eigenvalue weighted by molar-refractivity contribution is 0.340. The number of sulfone groups is 1. The molecule has 3 heterocycles. The topological polar surface area (TPSA) is 112 Å². The lowest BCUT2D eigenvalue weighted by atomic mass is 10.2. The third kappa shape index (κ3) is 3.73. The van der Waals surface area contributed by atoms with Crippen LogP contribution in [0.3, 0.4) is 0 Å². The van der Waals surface area contributed by atoms with Gasteiger partial charge in [0.25, 0.3) is 0 Å². The minimum absolute atomic E-state index is 0.0455. The van der Waals surface area contributed by atoms with Crippen LogP contribution in [0.25, 0.3) is 22.2 Å². The zero-order valence-electron chi connectivity index (χ0n) is 17.5. The van der Waals surface area contributed by atoms with E-state index in [0.717, 1.165) is 22.6 Å². The van der Waals surface area contributed by atoms with Gasteiger partial charge in [0.05, 0.1) is 23.9 Å². The van der Waals surface area contributed by atoms with Crippen LogP contribution in [0.4, 0.5) is 5.82 Å². The van der Waals surface area contributed by atoms with Crippen LogP contribution in [-0.2, 0) is 9.84 Å². The number of ether oxygens (including phenoxy) is 1. The maximum absolute atomic E-state index is 13.4. The van der Waals surface area contributed by atoms with E-state index in [-0.39, 0.29) is 26.1 Å². The molecule has 3 aromatic heterocycles. The summed E-state index contributed by atoms with van der Waals surface area (Å²) in [5.74, 6) is 0.707. The summed E-state index contributed by atoms with van der Waals surface area (Å²) in [5, 5.41) is 6.17. The first-order chi connectivity index (χ1) is 16.0. The summed E-state index contributed by atoms with van der Waals surface area (Å²) in [7, 11) is -3.92. The molecule has 0 unspecified atom stereocenters. The highest BCUT2D eigenvalue weighted by atomic mass is 32.2. The number of aromatic nitrogens is 3. The first kappa shape index (κ1) is 21.1. The van der Waals surface area contributed by atoms with Crippen LogP contribution in [-0.4, -0.2) is 35.9 Å². The molecule has 0 radical (unpaired) electrons. The number of hydrogen-bond donors (Lipinski definition) is 1. The molecule has 0 saturated carbocycles. The van der Waals surface area contributed by atoms with Gasteiger partial charge in [0.2, 0.25) is 9.84 Å². The number of nitrogens with zero attached hydrogens (tertiary/aromatic N) is 4. The Kier molecular flexibility index (Phi) is 5.31. The van der Waals surface area contributed by atoms with Crippen molar-refractivity contribution in [1.29, 1.82) is 0 Å². The molecule has 166 valence electrons. The summed E-state index contributed by atoms with van der Waals surface area (Å²) in [4.78, 5) is 9.13. The second kappa shape index (κ2) is 8.30. The van der Waals surface area contributed by atoms with Crippen LogP contribution in [0.15, 0.2) is 80.2 Å². The summed E-state index contributed by atoms with van der Waals surface area (Å²) in [6, 6.07) is 17.8. The average molecular weight is 478 g/mol. The molecule has 0 fully saturated rings. The Morgan fingerprint density at radius 2 is 1.79 bits per heavy atom. The lowest BCUT2D eigenvalue weighted by Gasteiger charge is -2.03. The third-order valence-electron chi connectivity index (χ3n) is 4.97. The first-order valence-corrected chi connectivity index (χ1v) is 12.5. The van der Waals surface area contributed by atoms with Crippen LogP contribution in [0.5, 0.6) is 5.75 Å². The van der Waals surface area contributed by atoms with Crippen LogP contribution in [0.1, 0.15) is 12.5 Å². The van der Waals surface area contributed by atoms with E-state index in [0.29, 0.717) is 17.6 Å². The molecule has 0 atom stereocenters. The second-order valence-electron chi connectivity index (χ2n) is 7.09. The van der Waals surface area contributed by atoms with Gasteiger partial charge < -0.3 is 10.5 Å². The van der Waals surface area contributed by atoms with Gasteiger partial charge in [0.1, 0.15) is 26.2 Å². The van der Waals surface area contributed by atoms with Gasteiger partial charge in [0.15, 0.2) is 5.65 Å². The number of hydrogen-bond acceptors (Lipinski definition) is 8. The molecule has 0 saturated heterocycles. The number of thiophene rings is 1. The highest BCUT2D eigenvalue weighted by Gasteiger charge is 2.31. The van der Waals surface area contributed by atoms with E-state index < -0.39 is 9.84 Å². The number of nitrogens with two attached hydrogens (primary N) is 1. The van der Waals surface area contributed by atoms with Crippen molar-refractivity contribution < 1.29 is 13.2 Å². The zero-order chi connectivity index (χ0) is 23.0. The summed E-state index contributed by atoms with van der Waals surface area (Å²) < 4.78 is 33.8. The highest BCUT2D eigenvalue weighted by molar-refractivity contribution is 7.93. The summed E-state index contributed by atoms with van der Waals surface area (Å²) in [6.07, 6.45) is 1.59. The normalized spacial score (nSPS) is 12.2. The van der Waals surface area contributed by atoms with E-state index in [9.17, 15) is 8.42 Å². The predicted octanol–water partition coefficient (Wildman–Crippen LogP) is 4.34. The minimum Gasteiger partial charge on any atom is -0.494 e. The summed E-state index contributed by atoms with van der Waals surface area (Å²) >= 11 is 1.12. The molecular formula is C23H19N5O3S2. The minimum atomic E-state index is -3.92. The van der Waals surface area contributed by atoms with Crippen molar-refractivity contribution in [2.24, 2.45) is 5.10 Å². The molecule has 0 amide bonds. The fourth-order valence-electron chi connectivity index (χ4n) is 3.46. The van der Waals surface area contributed by atoms with Crippen LogP contribution >= 0.6 is 11.3 Å². The fraction of sp³-hybridized carbons (Fsp3) is 0.0870. The van der Waals surface area contributed by atoms with Gasteiger partial charge in [-0.05, 0) is 60.3 Å². The fourth-order valence-corrected chi connectivity index (χ4v) is 6.05. The molecule has 0 bridgehead atoms. The maximum Gasteiger partial charge on any atom is 0.221 e. The Bertz CT molecular complexity index is 1590. The summed E-state index contributed by atoms with van der Waals surface area (Å²) in [6.45, 7) is 2.50. The van der Waals surface area contributed by atoms with Gasteiger partial charge in [-0.1, -0.05) is 18.2 Å². The second-order valence-corrected chi connectivity index (χ2v) is 10.2. The third-order valence-corrected chi connectivity index (χ3v) is 8.18. The van der Waals surface area contributed by atoms with Gasteiger partial charge in [0, 0.05) is 0 Å². The zero-order valence-corrected chi connectivity index (χ0v) is 19.2. The highest BCUT2D eigenvalue weighted by Crippen LogP contribution is 2.36. The van der Waals surface area contributed by atoms with E-state index >= 15 is 0 Å². The van der Waals surface area contributed by atoms with Crippen molar-refractivity contribution in [3.8, 4) is 5.75 Å². The lowest BCUT2D eigenvalue weighted by Crippen LogP contribution is -2.05. The van der Waals surface area contributed by atoms with Gasteiger partial charge in [-0.25, -0.2) is 18.4 Å². The smallest absolute Gasteiger partial charge is 0.221 e. The molecule has 0 aliphatic heterocycles. The molecule has 2 N–H and O–H groups in total. The number of nitrogen functional groups attached to an aromatic ring is 1. The van der Waals surface area contributed by atoms with Gasteiger partial charge in [-0.15, -0.1) is 11.3 Å². The number of benzene rings is 2. The van der Waals surface area contributed by atoms with E-state index in [2.05, 4.69) is 15.1 Å². The Hall–Kier alpha value is -3.76. The van der Waals surface area contributed by atoms with Crippen LogP contribution in [0.2, 0.25) is 0 Å². The average Bonchev–Trinajstić information content (AvgIpc) is 3.45. The molecular weight excluding hydrogens is 458 g/mol. The van der Waals surface area contributed by atoms with E-state index in [1.165, 1.54) is 4.68 Å². The molecule has 5 aromatic rings. The molecule has 8 nitrogen and oxygen atoms in total. The number of rotatable bonds is 6. The molecule has 5 rings (SSSR count). The standard InChI is InChI=1S/C23H19N5O3S2/c1-2-31-16-11-9-15(10-12-16)14-25-28-22(24)21(33(29,30)19-8-5-13-32-19)20-23(28)27-18-7-4-3-6-17(18)26-20/h3-14H,2,24H2,1H3. The Morgan fingerprint density at radius 3 is 2.45 bits per heavy atom. The molecule has 0 spiro atoms.